The molecule has 0 spiro atoms. The van der Waals surface area contributed by atoms with Crippen LogP contribution in [0.25, 0.3) is 5.69 Å². The van der Waals surface area contributed by atoms with Crippen molar-refractivity contribution in [1.29, 1.82) is 0 Å². The zero-order valence-electron chi connectivity index (χ0n) is 15.2. The summed E-state index contributed by atoms with van der Waals surface area (Å²) >= 11 is 0. The van der Waals surface area contributed by atoms with Crippen molar-refractivity contribution >= 4 is 11.7 Å². The Kier molecular flexibility index (Phi) is 3.70. The van der Waals surface area contributed by atoms with Gasteiger partial charge < -0.3 is 14.4 Å². The summed E-state index contributed by atoms with van der Waals surface area (Å²) in [5.41, 5.74) is 2.78. The van der Waals surface area contributed by atoms with Crippen molar-refractivity contribution in [3.63, 3.8) is 0 Å². The number of aromatic nitrogens is 3. The van der Waals surface area contributed by atoms with Gasteiger partial charge in [0.15, 0.2) is 0 Å². The zero-order chi connectivity index (χ0) is 18.4. The zero-order valence-corrected chi connectivity index (χ0v) is 15.2. The number of benzene rings is 1. The minimum absolute atomic E-state index is 0.133. The van der Waals surface area contributed by atoms with E-state index in [-0.39, 0.29) is 18.0 Å². The Morgan fingerprint density at radius 3 is 2.41 bits per heavy atom. The van der Waals surface area contributed by atoms with Gasteiger partial charge in [-0.2, -0.15) is 0 Å². The average Bonchev–Trinajstić information content (AvgIpc) is 3.23. The van der Waals surface area contributed by atoms with Gasteiger partial charge in [0.2, 0.25) is 0 Å². The summed E-state index contributed by atoms with van der Waals surface area (Å²) in [5, 5.41) is 0. The Morgan fingerprint density at radius 1 is 1.04 bits per heavy atom. The van der Waals surface area contributed by atoms with Crippen molar-refractivity contribution in [3.05, 3.63) is 72.4 Å². The fraction of sp³-hybridized carbons (Fsp3) is 0.286. The number of anilines is 1. The lowest BCUT2D eigenvalue weighted by atomic mass is 9.86. The standard InChI is InChI=1S/C21H21N5O/c1-15-10-20(23-14-22-15)25-12-18-11-19(13-25)26(18)21(27)16-4-6-17(7-5-16)24-8-2-3-9-24/h2-10,14,18-19H,11-13H2,1H3. The molecule has 5 heterocycles. The molecule has 3 aliphatic rings. The smallest absolute Gasteiger partial charge is 0.254 e. The first-order valence-corrected chi connectivity index (χ1v) is 9.29. The monoisotopic (exact) mass is 359 g/mol. The molecule has 3 aliphatic heterocycles. The molecule has 27 heavy (non-hydrogen) atoms. The third-order valence-corrected chi connectivity index (χ3v) is 5.56. The number of hydrogen-bond donors (Lipinski definition) is 0. The van der Waals surface area contributed by atoms with Gasteiger partial charge in [-0.05, 0) is 49.7 Å². The van der Waals surface area contributed by atoms with Crippen LogP contribution in [0.15, 0.2) is 61.2 Å². The molecule has 0 radical (unpaired) electrons. The van der Waals surface area contributed by atoms with Crippen molar-refractivity contribution in [3.8, 4) is 5.69 Å². The quantitative estimate of drug-likeness (QED) is 0.721. The van der Waals surface area contributed by atoms with E-state index in [0.717, 1.165) is 42.3 Å². The largest absolute Gasteiger partial charge is 0.352 e. The van der Waals surface area contributed by atoms with Crippen LogP contribution in [0.2, 0.25) is 0 Å². The van der Waals surface area contributed by atoms with Crippen LogP contribution in [0.3, 0.4) is 0 Å². The molecule has 1 amide bonds. The molecule has 2 bridgehead atoms. The lowest BCUT2D eigenvalue weighted by Gasteiger charge is -2.56. The summed E-state index contributed by atoms with van der Waals surface area (Å²) < 4.78 is 2.04. The summed E-state index contributed by atoms with van der Waals surface area (Å²) in [4.78, 5) is 25.9. The maximum atomic E-state index is 13.0. The molecule has 0 aliphatic carbocycles. The number of fused-ring (bicyclic) bond motifs is 2. The molecule has 3 saturated heterocycles. The highest BCUT2D eigenvalue weighted by atomic mass is 16.2. The Labute approximate surface area is 158 Å². The fourth-order valence-corrected chi connectivity index (χ4v) is 4.17. The highest BCUT2D eigenvalue weighted by Gasteiger charge is 2.47. The first-order valence-electron chi connectivity index (χ1n) is 9.29. The molecule has 6 nitrogen and oxygen atoms in total. The highest BCUT2D eigenvalue weighted by molar-refractivity contribution is 5.95. The van der Waals surface area contributed by atoms with E-state index in [4.69, 9.17) is 0 Å². The van der Waals surface area contributed by atoms with Crippen molar-refractivity contribution in [2.24, 2.45) is 0 Å². The molecule has 1 aromatic carbocycles. The second kappa shape index (κ2) is 6.23. The normalized spacial score (nSPS) is 21.1. The predicted molar refractivity (Wildman–Crippen MR) is 103 cm³/mol. The van der Waals surface area contributed by atoms with Gasteiger partial charge in [0.05, 0.1) is 12.1 Å². The number of piperidine rings is 1. The molecule has 3 fully saturated rings. The molecule has 6 rings (SSSR count). The van der Waals surface area contributed by atoms with E-state index in [1.165, 1.54) is 0 Å². The summed E-state index contributed by atoms with van der Waals surface area (Å²) in [6, 6.07) is 14.4. The van der Waals surface area contributed by atoms with Gasteiger partial charge in [0, 0.05) is 48.5 Å². The van der Waals surface area contributed by atoms with Crippen LogP contribution in [-0.4, -0.2) is 50.5 Å². The predicted octanol–water partition coefficient (Wildman–Crippen LogP) is 2.68. The fourth-order valence-electron chi connectivity index (χ4n) is 4.17. The molecule has 0 N–H and O–H groups in total. The summed E-state index contributed by atoms with van der Waals surface area (Å²) in [6.45, 7) is 3.64. The van der Waals surface area contributed by atoms with E-state index >= 15 is 0 Å². The summed E-state index contributed by atoms with van der Waals surface area (Å²) in [6.07, 6.45) is 6.69. The van der Waals surface area contributed by atoms with Gasteiger partial charge in [0.25, 0.3) is 5.91 Å². The molecule has 3 aromatic rings. The molecule has 0 saturated carbocycles. The maximum Gasteiger partial charge on any atom is 0.254 e. The van der Waals surface area contributed by atoms with Crippen LogP contribution in [0.1, 0.15) is 22.5 Å². The van der Waals surface area contributed by atoms with E-state index in [1.807, 2.05) is 66.3 Å². The van der Waals surface area contributed by atoms with Gasteiger partial charge in [-0.3, -0.25) is 4.79 Å². The number of amides is 1. The number of piperazine rings is 1. The van der Waals surface area contributed by atoms with Crippen molar-refractivity contribution in [1.82, 2.24) is 19.4 Å². The molecular formula is C21H21N5O. The second-order valence-electron chi connectivity index (χ2n) is 7.32. The molecular weight excluding hydrogens is 338 g/mol. The van der Waals surface area contributed by atoms with Crippen LogP contribution >= 0.6 is 0 Å². The lowest BCUT2D eigenvalue weighted by molar-refractivity contribution is 0.00576. The van der Waals surface area contributed by atoms with Crippen LogP contribution in [-0.2, 0) is 0 Å². The second-order valence-corrected chi connectivity index (χ2v) is 7.32. The Balaban J connectivity index is 1.30. The van der Waals surface area contributed by atoms with E-state index in [1.54, 1.807) is 6.33 Å². The Morgan fingerprint density at radius 2 is 1.74 bits per heavy atom. The maximum absolute atomic E-state index is 13.0. The van der Waals surface area contributed by atoms with Gasteiger partial charge in [0.1, 0.15) is 12.1 Å². The topological polar surface area (TPSA) is 54.3 Å². The number of rotatable bonds is 3. The number of carbonyl (C=O) groups is 1. The van der Waals surface area contributed by atoms with Crippen LogP contribution in [0, 0.1) is 6.92 Å². The first-order chi connectivity index (χ1) is 13.2. The number of nitrogens with zero attached hydrogens (tertiary/aromatic N) is 5. The van der Waals surface area contributed by atoms with E-state index in [2.05, 4.69) is 19.8 Å². The van der Waals surface area contributed by atoms with E-state index in [0.29, 0.717) is 0 Å². The Bertz CT molecular complexity index is 955. The minimum Gasteiger partial charge on any atom is -0.352 e. The van der Waals surface area contributed by atoms with Crippen LogP contribution < -0.4 is 4.90 Å². The van der Waals surface area contributed by atoms with Crippen molar-refractivity contribution in [2.75, 3.05) is 18.0 Å². The minimum atomic E-state index is 0.133. The van der Waals surface area contributed by atoms with Gasteiger partial charge in [-0.25, -0.2) is 9.97 Å². The van der Waals surface area contributed by atoms with Crippen LogP contribution in [0.4, 0.5) is 5.82 Å². The lowest BCUT2D eigenvalue weighted by Crippen LogP contribution is -2.70. The third kappa shape index (κ3) is 2.77. The molecule has 136 valence electrons. The highest BCUT2D eigenvalue weighted by Crippen LogP contribution is 2.35. The number of hydrogen-bond acceptors (Lipinski definition) is 4. The van der Waals surface area contributed by atoms with Gasteiger partial charge in [-0.1, -0.05) is 0 Å². The molecule has 2 aromatic heterocycles. The number of carbonyl (C=O) groups excluding carboxylic acids is 1. The third-order valence-electron chi connectivity index (χ3n) is 5.56. The van der Waals surface area contributed by atoms with Gasteiger partial charge in [-0.15, -0.1) is 0 Å². The van der Waals surface area contributed by atoms with E-state index in [9.17, 15) is 4.79 Å². The number of aryl methyl sites for hydroxylation is 1. The first kappa shape index (κ1) is 16.1. The van der Waals surface area contributed by atoms with Crippen molar-refractivity contribution < 1.29 is 4.79 Å². The Hall–Kier alpha value is -3.15. The van der Waals surface area contributed by atoms with Crippen molar-refractivity contribution in [2.45, 2.75) is 25.4 Å². The molecule has 6 heteroatoms. The van der Waals surface area contributed by atoms with E-state index < -0.39 is 0 Å². The summed E-state index contributed by atoms with van der Waals surface area (Å²) in [5.74, 6) is 1.09. The average molecular weight is 359 g/mol. The summed E-state index contributed by atoms with van der Waals surface area (Å²) in [7, 11) is 0. The van der Waals surface area contributed by atoms with Crippen LogP contribution in [0.5, 0.6) is 0 Å². The van der Waals surface area contributed by atoms with Gasteiger partial charge >= 0.3 is 0 Å². The molecule has 2 unspecified atom stereocenters. The SMILES string of the molecule is Cc1cc(N2CC3CC(C2)N3C(=O)c2ccc(-n3cccc3)cc2)ncn1. The molecule has 2 atom stereocenters.